The van der Waals surface area contributed by atoms with E-state index >= 15 is 0 Å². The van der Waals surface area contributed by atoms with Crippen molar-refractivity contribution in [1.82, 2.24) is 9.88 Å². The molecule has 0 radical (unpaired) electrons. The van der Waals surface area contributed by atoms with Crippen molar-refractivity contribution in [3.63, 3.8) is 0 Å². The Morgan fingerprint density at radius 2 is 2.11 bits per heavy atom. The SMILES string of the molecule is CCOC(=O)CN(Cc1nc(C)c(C)s1)C(C)C. The highest BCUT2D eigenvalue weighted by atomic mass is 32.1. The Morgan fingerprint density at radius 3 is 2.56 bits per heavy atom. The Balaban J connectivity index is 2.65. The van der Waals surface area contributed by atoms with Crippen LogP contribution in [0, 0.1) is 13.8 Å². The molecule has 0 fully saturated rings. The van der Waals surface area contributed by atoms with Crippen molar-refractivity contribution < 1.29 is 9.53 Å². The van der Waals surface area contributed by atoms with Crippen molar-refractivity contribution in [2.75, 3.05) is 13.2 Å². The van der Waals surface area contributed by atoms with Crippen LogP contribution in [0.3, 0.4) is 0 Å². The lowest BCUT2D eigenvalue weighted by atomic mass is 10.3. The molecule has 4 nitrogen and oxygen atoms in total. The number of esters is 1. The Morgan fingerprint density at radius 1 is 1.44 bits per heavy atom. The molecule has 1 rings (SSSR count). The molecule has 0 unspecified atom stereocenters. The number of carbonyl (C=O) groups is 1. The van der Waals surface area contributed by atoms with E-state index in [-0.39, 0.29) is 5.97 Å². The predicted molar refractivity (Wildman–Crippen MR) is 73.8 cm³/mol. The van der Waals surface area contributed by atoms with Gasteiger partial charge < -0.3 is 4.74 Å². The first-order valence-corrected chi connectivity index (χ1v) is 7.08. The number of aromatic nitrogens is 1. The molecule has 18 heavy (non-hydrogen) atoms. The summed E-state index contributed by atoms with van der Waals surface area (Å²) in [5.74, 6) is -0.170. The number of carbonyl (C=O) groups excluding carboxylic acids is 1. The third-order valence-corrected chi connectivity index (χ3v) is 3.84. The van der Waals surface area contributed by atoms with Crippen molar-refractivity contribution in [2.24, 2.45) is 0 Å². The normalized spacial score (nSPS) is 11.3. The first-order valence-electron chi connectivity index (χ1n) is 6.26. The van der Waals surface area contributed by atoms with Gasteiger partial charge in [-0.25, -0.2) is 4.98 Å². The summed E-state index contributed by atoms with van der Waals surface area (Å²) in [6.07, 6.45) is 0. The third-order valence-electron chi connectivity index (χ3n) is 2.78. The average Bonchev–Trinajstić information content (AvgIpc) is 2.57. The molecule has 0 aliphatic carbocycles. The van der Waals surface area contributed by atoms with Crippen molar-refractivity contribution in [3.8, 4) is 0 Å². The van der Waals surface area contributed by atoms with E-state index in [0.29, 0.717) is 25.7 Å². The standard InChI is InChI=1S/C13H22N2O2S/c1-6-17-13(16)8-15(9(2)3)7-12-14-10(4)11(5)18-12/h9H,6-8H2,1-5H3. The topological polar surface area (TPSA) is 42.4 Å². The fourth-order valence-corrected chi connectivity index (χ4v) is 2.53. The van der Waals surface area contributed by atoms with E-state index in [1.165, 1.54) is 4.88 Å². The van der Waals surface area contributed by atoms with E-state index in [1.54, 1.807) is 11.3 Å². The van der Waals surface area contributed by atoms with Gasteiger partial charge in [-0.1, -0.05) is 0 Å². The molecular formula is C13H22N2O2S. The molecule has 0 aliphatic rings. The maximum atomic E-state index is 11.5. The zero-order chi connectivity index (χ0) is 13.7. The van der Waals surface area contributed by atoms with Gasteiger partial charge in [-0.05, 0) is 34.6 Å². The van der Waals surface area contributed by atoms with Gasteiger partial charge in [-0.15, -0.1) is 11.3 Å². The van der Waals surface area contributed by atoms with Gasteiger partial charge in [0.2, 0.25) is 0 Å². The van der Waals surface area contributed by atoms with E-state index in [1.807, 2.05) is 13.8 Å². The van der Waals surface area contributed by atoms with Crippen LogP contribution in [0.25, 0.3) is 0 Å². The molecule has 1 aromatic heterocycles. The van der Waals surface area contributed by atoms with Gasteiger partial charge in [0.15, 0.2) is 0 Å². The van der Waals surface area contributed by atoms with Gasteiger partial charge in [0.05, 0.1) is 25.4 Å². The molecule has 0 saturated carbocycles. The molecule has 1 aromatic rings. The molecule has 5 heteroatoms. The summed E-state index contributed by atoms with van der Waals surface area (Å²) in [5.41, 5.74) is 1.08. The van der Waals surface area contributed by atoms with Gasteiger partial charge in [0.25, 0.3) is 0 Å². The second kappa shape index (κ2) is 6.85. The van der Waals surface area contributed by atoms with Crippen LogP contribution in [0.5, 0.6) is 0 Å². The van der Waals surface area contributed by atoms with Crippen molar-refractivity contribution >= 4 is 17.3 Å². The smallest absolute Gasteiger partial charge is 0.320 e. The van der Waals surface area contributed by atoms with Crippen molar-refractivity contribution in [3.05, 3.63) is 15.6 Å². The first-order chi connectivity index (χ1) is 8.43. The lowest BCUT2D eigenvalue weighted by molar-refractivity contribution is -0.145. The van der Waals surface area contributed by atoms with Crippen molar-refractivity contribution in [2.45, 2.75) is 47.2 Å². The van der Waals surface area contributed by atoms with Crippen LogP contribution in [0.1, 0.15) is 36.3 Å². The van der Waals surface area contributed by atoms with Gasteiger partial charge in [0, 0.05) is 10.9 Å². The van der Waals surface area contributed by atoms with Crippen LogP contribution >= 0.6 is 11.3 Å². The monoisotopic (exact) mass is 270 g/mol. The molecule has 0 amide bonds. The zero-order valence-corrected chi connectivity index (χ0v) is 12.6. The summed E-state index contributed by atoms with van der Waals surface area (Å²) in [7, 11) is 0. The fourth-order valence-electron chi connectivity index (χ4n) is 1.57. The highest BCUT2D eigenvalue weighted by molar-refractivity contribution is 7.11. The number of hydrogen-bond donors (Lipinski definition) is 0. The molecule has 0 N–H and O–H groups in total. The Bertz CT molecular complexity index is 382. The fraction of sp³-hybridized carbons (Fsp3) is 0.692. The first kappa shape index (κ1) is 15.1. The maximum Gasteiger partial charge on any atom is 0.320 e. The Labute approximate surface area is 113 Å². The molecule has 0 atom stereocenters. The van der Waals surface area contributed by atoms with Crippen LogP contribution in [0.4, 0.5) is 0 Å². The van der Waals surface area contributed by atoms with E-state index < -0.39 is 0 Å². The highest BCUT2D eigenvalue weighted by Crippen LogP contribution is 2.18. The van der Waals surface area contributed by atoms with E-state index in [4.69, 9.17) is 4.74 Å². The minimum atomic E-state index is -0.170. The Hall–Kier alpha value is -0.940. The summed E-state index contributed by atoms with van der Waals surface area (Å²) in [5, 5.41) is 1.06. The summed E-state index contributed by atoms with van der Waals surface area (Å²) < 4.78 is 4.99. The second-order valence-electron chi connectivity index (χ2n) is 4.55. The summed E-state index contributed by atoms with van der Waals surface area (Å²) in [4.78, 5) is 19.4. The minimum Gasteiger partial charge on any atom is -0.465 e. The molecule has 0 aliphatic heterocycles. The number of aryl methyl sites for hydroxylation is 2. The van der Waals surface area contributed by atoms with Gasteiger partial charge in [-0.3, -0.25) is 9.69 Å². The van der Waals surface area contributed by atoms with Gasteiger partial charge in [-0.2, -0.15) is 0 Å². The van der Waals surface area contributed by atoms with Crippen LogP contribution in [-0.2, 0) is 16.1 Å². The van der Waals surface area contributed by atoms with Gasteiger partial charge in [0.1, 0.15) is 5.01 Å². The lowest BCUT2D eigenvalue weighted by Gasteiger charge is -2.24. The largest absolute Gasteiger partial charge is 0.465 e. The summed E-state index contributed by atoms with van der Waals surface area (Å²) in [6, 6.07) is 0.291. The number of nitrogens with zero attached hydrogens (tertiary/aromatic N) is 2. The predicted octanol–water partition coefficient (Wildman–Crippen LogP) is 2.53. The average molecular weight is 270 g/mol. The summed E-state index contributed by atoms with van der Waals surface area (Å²) >= 11 is 1.70. The molecule has 0 saturated heterocycles. The minimum absolute atomic E-state index is 0.170. The maximum absolute atomic E-state index is 11.5. The summed E-state index contributed by atoms with van der Waals surface area (Å²) in [6.45, 7) is 11.5. The van der Waals surface area contributed by atoms with Crippen LogP contribution < -0.4 is 0 Å². The van der Waals surface area contributed by atoms with Crippen molar-refractivity contribution in [1.29, 1.82) is 0 Å². The Kier molecular flexibility index (Phi) is 5.75. The molecule has 0 spiro atoms. The lowest BCUT2D eigenvalue weighted by Crippen LogP contribution is -2.35. The molecular weight excluding hydrogens is 248 g/mol. The second-order valence-corrected chi connectivity index (χ2v) is 5.84. The van der Waals surface area contributed by atoms with Crippen LogP contribution in [-0.4, -0.2) is 35.0 Å². The number of ether oxygens (including phenoxy) is 1. The molecule has 1 heterocycles. The highest BCUT2D eigenvalue weighted by Gasteiger charge is 2.17. The number of thiazole rings is 1. The molecule has 0 aromatic carbocycles. The van der Waals surface area contributed by atoms with E-state index in [2.05, 4.69) is 30.7 Å². The molecule has 0 bridgehead atoms. The number of rotatable bonds is 6. The molecule has 102 valence electrons. The van der Waals surface area contributed by atoms with E-state index in [0.717, 1.165) is 10.7 Å². The zero-order valence-electron chi connectivity index (χ0n) is 11.8. The quantitative estimate of drug-likeness (QED) is 0.745. The van der Waals surface area contributed by atoms with Gasteiger partial charge >= 0.3 is 5.97 Å². The van der Waals surface area contributed by atoms with Crippen LogP contribution in [0.2, 0.25) is 0 Å². The third kappa shape index (κ3) is 4.38. The number of hydrogen-bond acceptors (Lipinski definition) is 5. The van der Waals surface area contributed by atoms with Crippen LogP contribution in [0.15, 0.2) is 0 Å². The van der Waals surface area contributed by atoms with E-state index in [9.17, 15) is 4.79 Å².